The molecule has 0 saturated carbocycles. The normalized spacial score (nSPS) is 10.4. The van der Waals surface area contributed by atoms with Gasteiger partial charge in [0.15, 0.2) is 0 Å². The minimum Gasteiger partial charge on any atom is -0.394 e. The van der Waals surface area contributed by atoms with Gasteiger partial charge in [0.2, 0.25) is 0 Å². The van der Waals surface area contributed by atoms with Crippen LogP contribution in [-0.2, 0) is 6.42 Å². The van der Waals surface area contributed by atoms with Gasteiger partial charge in [0.05, 0.1) is 24.4 Å². The highest BCUT2D eigenvalue weighted by atomic mass is 19.1. The second-order valence-electron chi connectivity index (χ2n) is 5.93. The molecule has 0 spiro atoms. The van der Waals surface area contributed by atoms with Gasteiger partial charge in [-0.15, -0.1) is 0 Å². The summed E-state index contributed by atoms with van der Waals surface area (Å²) in [6.45, 7) is 1.27. The van der Waals surface area contributed by atoms with E-state index in [0.717, 1.165) is 10.7 Å². The van der Waals surface area contributed by atoms with Crippen LogP contribution in [0, 0.1) is 27.9 Å². The predicted molar refractivity (Wildman–Crippen MR) is 103 cm³/mol. The molecule has 0 bridgehead atoms. The monoisotopic (exact) mass is 402 g/mol. The summed E-state index contributed by atoms with van der Waals surface area (Å²) in [5, 5.41) is 43.0. The molecule has 152 valence electrons. The molecule has 0 aliphatic carbocycles. The van der Waals surface area contributed by atoms with Gasteiger partial charge in [-0.2, -0.15) is 5.10 Å². The van der Waals surface area contributed by atoms with Crippen LogP contribution in [0.15, 0.2) is 36.5 Å². The fraction of sp³-hybridized carbons (Fsp3) is 0.211. The Balaban J connectivity index is 0.000000687. The van der Waals surface area contributed by atoms with Crippen LogP contribution >= 0.6 is 0 Å². The van der Waals surface area contributed by atoms with Gasteiger partial charge in [0, 0.05) is 29.6 Å². The number of halogens is 2. The number of rotatable bonds is 4. The summed E-state index contributed by atoms with van der Waals surface area (Å²) in [6.07, 6.45) is 1.06. The molecule has 8 nitrogen and oxygen atoms in total. The molecule has 0 radical (unpaired) electrons. The third-order valence-electron chi connectivity index (χ3n) is 3.81. The Morgan fingerprint density at radius 1 is 1.14 bits per heavy atom. The number of aliphatic hydroxyl groups is 2. The zero-order valence-electron chi connectivity index (χ0n) is 15.6. The molecule has 10 heteroatoms. The Morgan fingerprint density at radius 3 is 2.45 bits per heavy atom. The van der Waals surface area contributed by atoms with Gasteiger partial charge in [0.25, 0.3) is 0 Å². The summed E-state index contributed by atoms with van der Waals surface area (Å²) in [5.41, 5.74) is 0.246. The van der Waals surface area contributed by atoms with Crippen molar-refractivity contribution in [2.75, 3.05) is 13.2 Å². The summed E-state index contributed by atoms with van der Waals surface area (Å²) in [7, 11) is 0. The van der Waals surface area contributed by atoms with Crippen molar-refractivity contribution in [3.05, 3.63) is 64.9 Å². The average molecular weight is 402 g/mol. The van der Waals surface area contributed by atoms with E-state index in [1.807, 2.05) is 0 Å². The van der Waals surface area contributed by atoms with Gasteiger partial charge < -0.3 is 15.6 Å². The zero-order valence-corrected chi connectivity index (χ0v) is 15.6. The molecule has 0 amide bonds. The lowest BCUT2D eigenvalue weighted by Gasteiger charge is -2.11. The molecule has 5 N–H and O–H groups in total. The summed E-state index contributed by atoms with van der Waals surface area (Å²) in [4.78, 5) is 3.92. The Kier molecular flexibility index (Phi) is 7.34. The maximum absolute atomic E-state index is 14.6. The first-order valence-electron chi connectivity index (χ1n) is 8.51. The second kappa shape index (κ2) is 9.71. The highest BCUT2D eigenvalue weighted by molar-refractivity contribution is 5.94. The highest BCUT2D eigenvalue weighted by Gasteiger charge is 2.17. The molecule has 0 fully saturated rings. The molecule has 1 aromatic carbocycles. The number of benzene rings is 1. The first-order valence-corrected chi connectivity index (χ1v) is 8.51. The molecule has 0 atom stereocenters. The van der Waals surface area contributed by atoms with Crippen molar-refractivity contribution in [2.45, 2.75) is 13.3 Å². The van der Waals surface area contributed by atoms with E-state index in [4.69, 9.17) is 26.4 Å². The van der Waals surface area contributed by atoms with Gasteiger partial charge in [-0.3, -0.25) is 15.8 Å². The van der Waals surface area contributed by atoms with Crippen LogP contribution in [0.1, 0.15) is 18.2 Å². The van der Waals surface area contributed by atoms with E-state index in [9.17, 15) is 8.78 Å². The highest BCUT2D eigenvalue weighted by Crippen LogP contribution is 2.23. The first-order chi connectivity index (χ1) is 13.8. The molecule has 0 aliphatic rings. The van der Waals surface area contributed by atoms with Gasteiger partial charge in [-0.1, -0.05) is 0 Å². The van der Waals surface area contributed by atoms with Crippen LogP contribution in [0.25, 0.3) is 10.9 Å². The largest absolute Gasteiger partial charge is 0.394 e. The van der Waals surface area contributed by atoms with E-state index in [1.54, 1.807) is 6.07 Å². The number of nitrogens with one attached hydrogen (secondary N) is 3. The lowest BCUT2D eigenvalue weighted by molar-refractivity contribution is 0.186. The third kappa shape index (κ3) is 5.12. The number of hydrogen-bond donors (Lipinski definition) is 5. The van der Waals surface area contributed by atoms with Crippen molar-refractivity contribution in [3.63, 3.8) is 0 Å². The van der Waals surface area contributed by atoms with E-state index in [0.29, 0.717) is 0 Å². The van der Waals surface area contributed by atoms with Crippen LogP contribution in [0.2, 0.25) is 0 Å². The van der Waals surface area contributed by atoms with Gasteiger partial charge in [-0.25, -0.2) is 13.5 Å². The van der Waals surface area contributed by atoms with Crippen molar-refractivity contribution >= 4 is 22.5 Å². The lowest BCUT2D eigenvalue weighted by atomic mass is 10.1. The molecule has 3 rings (SSSR count). The van der Waals surface area contributed by atoms with Crippen LogP contribution in [-0.4, -0.2) is 49.7 Å². The van der Waals surface area contributed by atoms with E-state index in [2.05, 4.69) is 10.1 Å². The third-order valence-corrected chi connectivity index (χ3v) is 3.81. The fourth-order valence-corrected chi connectivity index (χ4v) is 2.43. The van der Waals surface area contributed by atoms with Crippen molar-refractivity contribution in [1.82, 2.24) is 14.8 Å². The summed E-state index contributed by atoms with van der Waals surface area (Å²) in [5.74, 6) is -1.85. The quantitative estimate of drug-likeness (QED) is 0.334. The summed E-state index contributed by atoms with van der Waals surface area (Å²) < 4.78 is 29.9. The molecule has 29 heavy (non-hydrogen) atoms. The minimum absolute atomic E-state index is 0.113. The van der Waals surface area contributed by atoms with Gasteiger partial charge in [-0.05, 0) is 31.2 Å². The molecule has 0 saturated heterocycles. The Morgan fingerprint density at radius 2 is 1.83 bits per heavy atom. The standard InChI is InChI=1S/C17H14F2N6.C2H6O2/c1-9(20)13-4-5-15(21)25(24-13)16(22)7-11-12(18)8-14-10(17(11)19)3-2-6-23-14;3-1-2-4/h2-6,8,20-22H,7H2,1H3;3-4H,1-2H2. The van der Waals surface area contributed by atoms with Gasteiger partial charge in [0.1, 0.15) is 28.7 Å². The summed E-state index contributed by atoms with van der Waals surface area (Å²) >= 11 is 0. The van der Waals surface area contributed by atoms with Crippen molar-refractivity contribution in [2.24, 2.45) is 0 Å². The minimum atomic E-state index is -0.806. The lowest BCUT2D eigenvalue weighted by Crippen LogP contribution is -2.31. The number of hydrogen-bond acceptors (Lipinski definition) is 7. The Labute approximate surface area is 164 Å². The van der Waals surface area contributed by atoms with Crippen LogP contribution < -0.4 is 5.49 Å². The van der Waals surface area contributed by atoms with E-state index < -0.39 is 11.6 Å². The van der Waals surface area contributed by atoms with Crippen LogP contribution in [0.5, 0.6) is 0 Å². The predicted octanol–water partition coefficient (Wildman–Crippen LogP) is 1.62. The number of fused-ring (bicyclic) bond motifs is 1. The van der Waals surface area contributed by atoms with E-state index in [-0.39, 0.29) is 58.8 Å². The van der Waals surface area contributed by atoms with E-state index >= 15 is 0 Å². The van der Waals surface area contributed by atoms with Crippen molar-refractivity contribution < 1.29 is 19.0 Å². The molecule has 3 aromatic rings. The zero-order chi connectivity index (χ0) is 21.6. The Hall–Kier alpha value is -3.37. The Bertz CT molecular complexity index is 1110. The van der Waals surface area contributed by atoms with Crippen LogP contribution in [0.4, 0.5) is 8.78 Å². The molecule has 0 unspecified atom stereocenters. The van der Waals surface area contributed by atoms with E-state index in [1.165, 1.54) is 31.3 Å². The number of pyridine rings is 1. The average Bonchev–Trinajstić information content (AvgIpc) is 2.71. The van der Waals surface area contributed by atoms with Crippen molar-refractivity contribution in [1.29, 1.82) is 16.2 Å². The number of aromatic nitrogens is 3. The SMILES string of the molecule is CC(=N)c1ccc(=N)n(C(=N)Cc2c(F)cc3ncccc3c2F)n1.OCCO. The maximum atomic E-state index is 14.6. The van der Waals surface area contributed by atoms with Gasteiger partial charge >= 0.3 is 0 Å². The first kappa shape index (κ1) is 21.9. The molecular formula is C19H20F2N6O2. The number of nitrogens with zero attached hydrogens (tertiary/aromatic N) is 3. The maximum Gasteiger partial charge on any atom is 0.148 e. The topological polar surface area (TPSA) is 143 Å². The van der Waals surface area contributed by atoms with Crippen molar-refractivity contribution in [3.8, 4) is 0 Å². The smallest absolute Gasteiger partial charge is 0.148 e. The number of aliphatic hydroxyl groups excluding tert-OH is 2. The molecular weight excluding hydrogens is 382 g/mol. The summed E-state index contributed by atoms with van der Waals surface area (Å²) in [6, 6.07) is 7.03. The second-order valence-corrected chi connectivity index (χ2v) is 5.93. The molecule has 2 aromatic heterocycles. The molecule has 0 aliphatic heterocycles. The van der Waals surface area contributed by atoms with Crippen LogP contribution in [0.3, 0.4) is 0 Å². The molecule has 2 heterocycles. The fourth-order valence-electron chi connectivity index (χ4n) is 2.43.